The summed E-state index contributed by atoms with van der Waals surface area (Å²) in [5.74, 6) is -0.288. The molecule has 138 valence electrons. The van der Waals surface area contributed by atoms with E-state index in [0.717, 1.165) is 29.7 Å². The van der Waals surface area contributed by atoms with Crippen LogP contribution >= 0.6 is 0 Å². The Labute approximate surface area is 151 Å². The molecule has 0 atom stereocenters. The second-order valence-corrected chi connectivity index (χ2v) is 7.31. The molecule has 1 aliphatic carbocycles. The average Bonchev–Trinajstić information content (AvgIpc) is 2.57. The van der Waals surface area contributed by atoms with Crippen molar-refractivity contribution in [1.82, 2.24) is 10.2 Å². The van der Waals surface area contributed by atoms with Gasteiger partial charge in [-0.2, -0.15) is 0 Å². The van der Waals surface area contributed by atoms with Crippen LogP contribution in [-0.2, 0) is 9.59 Å². The monoisotopic (exact) mass is 345 g/mol. The summed E-state index contributed by atoms with van der Waals surface area (Å²) < 4.78 is 0. The molecular formula is C20H31N3O2. The molecule has 25 heavy (non-hydrogen) atoms. The summed E-state index contributed by atoms with van der Waals surface area (Å²) >= 11 is 0. The SMILES string of the molecule is Cc1cc(C)c(NC(=O)CNC(=O)CN(C)C2CCCCC2)c(C)c1. The molecule has 2 amide bonds. The van der Waals surface area contributed by atoms with Crippen LogP contribution in [0.2, 0.25) is 0 Å². The molecule has 1 aliphatic rings. The van der Waals surface area contributed by atoms with Crippen LogP contribution in [0.1, 0.15) is 48.8 Å². The van der Waals surface area contributed by atoms with Crippen LogP contribution in [0.5, 0.6) is 0 Å². The summed E-state index contributed by atoms with van der Waals surface area (Å²) in [5.41, 5.74) is 4.08. The molecule has 1 aromatic carbocycles. The Morgan fingerprint density at radius 1 is 1.04 bits per heavy atom. The maximum atomic E-state index is 12.2. The number of amides is 2. The van der Waals surface area contributed by atoms with Crippen molar-refractivity contribution in [3.8, 4) is 0 Å². The first-order valence-electron chi connectivity index (χ1n) is 9.21. The molecular weight excluding hydrogens is 314 g/mol. The van der Waals surface area contributed by atoms with Crippen LogP contribution in [0.4, 0.5) is 5.69 Å². The normalized spacial score (nSPS) is 15.2. The largest absolute Gasteiger partial charge is 0.346 e. The molecule has 5 heteroatoms. The summed E-state index contributed by atoms with van der Waals surface area (Å²) in [6.07, 6.45) is 6.11. The van der Waals surface area contributed by atoms with Gasteiger partial charge in [-0.15, -0.1) is 0 Å². The van der Waals surface area contributed by atoms with Crippen molar-refractivity contribution in [3.05, 3.63) is 28.8 Å². The maximum absolute atomic E-state index is 12.2. The zero-order valence-corrected chi connectivity index (χ0v) is 15.9. The van der Waals surface area contributed by atoms with Crippen LogP contribution in [-0.4, -0.2) is 42.9 Å². The number of anilines is 1. The van der Waals surface area contributed by atoms with Gasteiger partial charge in [-0.1, -0.05) is 37.0 Å². The highest BCUT2D eigenvalue weighted by Crippen LogP contribution is 2.22. The number of benzene rings is 1. The van der Waals surface area contributed by atoms with Crippen molar-refractivity contribution in [1.29, 1.82) is 0 Å². The third kappa shape index (κ3) is 5.85. The summed E-state index contributed by atoms with van der Waals surface area (Å²) in [5, 5.41) is 5.64. The fourth-order valence-electron chi connectivity index (χ4n) is 3.67. The zero-order chi connectivity index (χ0) is 18.4. The van der Waals surface area contributed by atoms with Gasteiger partial charge >= 0.3 is 0 Å². The van der Waals surface area contributed by atoms with Crippen LogP contribution in [0.3, 0.4) is 0 Å². The molecule has 0 saturated heterocycles. The standard InChI is InChI=1S/C20H31N3O2/c1-14-10-15(2)20(16(3)11-14)22-18(24)12-21-19(25)13-23(4)17-8-6-5-7-9-17/h10-11,17H,5-9,12-13H2,1-4H3,(H,21,25)(H,22,24). The molecule has 1 saturated carbocycles. The predicted octanol–water partition coefficient (Wildman–Crippen LogP) is 2.93. The second kappa shape index (κ2) is 8.99. The fourth-order valence-corrected chi connectivity index (χ4v) is 3.67. The first-order valence-corrected chi connectivity index (χ1v) is 9.21. The lowest BCUT2D eigenvalue weighted by Gasteiger charge is -2.30. The van der Waals surface area contributed by atoms with Crippen molar-refractivity contribution < 1.29 is 9.59 Å². The van der Waals surface area contributed by atoms with E-state index >= 15 is 0 Å². The third-order valence-corrected chi connectivity index (χ3v) is 4.98. The van der Waals surface area contributed by atoms with Crippen LogP contribution in [0, 0.1) is 20.8 Å². The molecule has 0 aliphatic heterocycles. The second-order valence-electron chi connectivity index (χ2n) is 7.31. The van der Waals surface area contributed by atoms with Crippen molar-refractivity contribution >= 4 is 17.5 Å². The van der Waals surface area contributed by atoms with E-state index < -0.39 is 0 Å². The first-order chi connectivity index (χ1) is 11.9. The number of nitrogens with one attached hydrogen (secondary N) is 2. The van der Waals surface area contributed by atoms with Gasteiger partial charge in [0.2, 0.25) is 11.8 Å². The molecule has 0 bridgehead atoms. The average molecular weight is 345 g/mol. The molecule has 1 aromatic rings. The number of carbonyl (C=O) groups is 2. The highest BCUT2D eigenvalue weighted by atomic mass is 16.2. The maximum Gasteiger partial charge on any atom is 0.243 e. The topological polar surface area (TPSA) is 61.4 Å². The lowest BCUT2D eigenvalue weighted by molar-refractivity contribution is -0.125. The van der Waals surface area contributed by atoms with E-state index in [2.05, 4.69) is 15.5 Å². The molecule has 2 rings (SSSR count). The summed E-state index contributed by atoms with van der Waals surface area (Å²) in [7, 11) is 1.99. The van der Waals surface area contributed by atoms with E-state index in [9.17, 15) is 9.59 Å². The van der Waals surface area contributed by atoms with Gasteiger partial charge in [-0.3, -0.25) is 14.5 Å². The van der Waals surface area contributed by atoms with E-state index in [0.29, 0.717) is 12.6 Å². The van der Waals surface area contributed by atoms with E-state index in [-0.39, 0.29) is 18.4 Å². The molecule has 1 fully saturated rings. The number of hydrogen-bond donors (Lipinski definition) is 2. The number of rotatable bonds is 6. The number of carbonyl (C=O) groups excluding carboxylic acids is 2. The van der Waals surface area contributed by atoms with Crippen LogP contribution in [0.25, 0.3) is 0 Å². The Hall–Kier alpha value is -1.88. The summed E-state index contributed by atoms with van der Waals surface area (Å²) in [6.45, 7) is 6.35. The summed E-state index contributed by atoms with van der Waals surface area (Å²) in [4.78, 5) is 26.4. The Kier molecular flexibility index (Phi) is 7.00. The highest BCUT2D eigenvalue weighted by Gasteiger charge is 2.20. The quantitative estimate of drug-likeness (QED) is 0.833. The number of likely N-dealkylation sites (N-methyl/N-ethyl adjacent to an activating group) is 1. The molecule has 5 nitrogen and oxygen atoms in total. The van der Waals surface area contributed by atoms with E-state index in [4.69, 9.17) is 0 Å². The Morgan fingerprint density at radius 2 is 1.64 bits per heavy atom. The fraction of sp³-hybridized carbons (Fsp3) is 0.600. The molecule has 0 heterocycles. The van der Waals surface area contributed by atoms with Crippen molar-refractivity contribution in [2.75, 3.05) is 25.5 Å². The minimum absolute atomic E-state index is 0.00406. The highest BCUT2D eigenvalue weighted by molar-refractivity contribution is 5.96. The number of nitrogens with zero attached hydrogens (tertiary/aromatic N) is 1. The smallest absolute Gasteiger partial charge is 0.243 e. The number of hydrogen-bond acceptors (Lipinski definition) is 3. The third-order valence-electron chi connectivity index (χ3n) is 4.98. The summed E-state index contributed by atoms with van der Waals surface area (Å²) in [6, 6.07) is 4.58. The molecule has 0 aromatic heterocycles. The minimum Gasteiger partial charge on any atom is -0.346 e. The Balaban J connectivity index is 1.78. The van der Waals surface area contributed by atoms with Gasteiger partial charge in [-0.05, 0) is 51.8 Å². The van der Waals surface area contributed by atoms with Crippen molar-refractivity contribution in [2.45, 2.75) is 58.9 Å². The van der Waals surface area contributed by atoms with Gasteiger partial charge in [0.15, 0.2) is 0 Å². The molecule has 0 radical (unpaired) electrons. The Morgan fingerprint density at radius 3 is 2.24 bits per heavy atom. The predicted molar refractivity (Wildman–Crippen MR) is 102 cm³/mol. The molecule has 2 N–H and O–H groups in total. The van der Waals surface area contributed by atoms with Gasteiger partial charge in [-0.25, -0.2) is 0 Å². The van der Waals surface area contributed by atoms with Crippen LogP contribution in [0.15, 0.2) is 12.1 Å². The van der Waals surface area contributed by atoms with Crippen molar-refractivity contribution in [2.24, 2.45) is 0 Å². The van der Waals surface area contributed by atoms with E-state index in [1.54, 1.807) is 0 Å². The molecule has 0 unspecified atom stereocenters. The van der Waals surface area contributed by atoms with Crippen molar-refractivity contribution in [3.63, 3.8) is 0 Å². The van der Waals surface area contributed by atoms with Gasteiger partial charge in [0.05, 0.1) is 13.1 Å². The lowest BCUT2D eigenvalue weighted by atomic mass is 9.94. The van der Waals surface area contributed by atoms with Gasteiger partial charge in [0, 0.05) is 11.7 Å². The number of aryl methyl sites for hydroxylation is 3. The van der Waals surface area contributed by atoms with Crippen LogP contribution < -0.4 is 10.6 Å². The minimum atomic E-state index is -0.191. The Bertz CT molecular complexity index is 598. The van der Waals surface area contributed by atoms with E-state index in [1.165, 1.54) is 24.8 Å². The molecule has 0 spiro atoms. The van der Waals surface area contributed by atoms with Gasteiger partial charge < -0.3 is 10.6 Å². The van der Waals surface area contributed by atoms with Gasteiger partial charge in [0.1, 0.15) is 0 Å². The van der Waals surface area contributed by atoms with E-state index in [1.807, 2.05) is 40.0 Å². The zero-order valence-electron chi connectivity index (χ0n) is 15.9. The first kappa shape index (κ1) is 19.4. The van der Waals surface area contributed by atoms with Gasteiger partial charge in [0.25, 0.3) is 0 Å². The lowest BCUT2D eigenvalue weighted by Crippen LogP contribution is -2.43.